The molecule has 0 amide bonds. The smallest absolute Gasteiger partial charge is 0.137 e. The second-order valence-electron chi connectivity index (χ2n) is 6.47. The van der Waals surface area contributed by atoms with Crippen LogP contribution < -0.4 is 10.5 Å². The maximum Gasteiger partial charge on any atom is 0.137 e. The van der Waals surface area contributed by atoms with Crippen molar-refractivity contribution in [3.8, 4) is 5.75 Å². The van der Waals surface area contributed by atoms with E-state index in [1.165, 1.54) is 31.4 Å². The molecule has 1 aliphatic carbocycles. The van der Waals surface area contributed by atoms with Gasteiger partial charge in [0.05, 0.1) is 11.6 Å². The van der Waals surface area contributed by atoms with E-state index < -0.39 is 0 Å². The second kappa shape index (κ2) is 8.19. The molecule has 1 aromatic rings. The number of piperidine rings is 1. The molecule has 1 saturated carbocycles. The summed E-state index contributed by atoms with van der Waals surface area (Å²) in [6.45, 7) is 4.07. The van der Waals surface area contributed by atoms with Crippen molar-refractivity contribution >= 4 is 11.6 Å². The van der Waals surface area contributed by atoms with Crippen LogP contribution in [0.1, 0.15) is 38.7 Å². The summed E-state index contributed by atoms with van der Waals surface area (Å²) in [5.41, 5.74) is 7.30. The predicted octanol–water partition coefficient (Wildman–Crippen LogP) is 3.73. The summed E-state index contributed by atoms with van der Waals surface area (Å²) in [6.07, 6.45) is 6.00. The molecule has 0 bridgehead atoms. The van der Waals surface area contributed by atoms with E-state index in [-0.39, 0.29) is 7.43 Å². The number of hydrogen-bond donors (Lipinski definition) is 1. The second-order valence-corrected chi connectivity index (χ2v) is 6.88. The van der Waals surface area contributed by atoms with Crippen LogP contribution in [0.2, 0.25) is 5.02 Å². The van der Waals surface area contributed by atoms with Crippen LogP contribution in [0.4, 0.5) is 0 Å². The van der Waals surface area contributed by atoms with Crippen LogP contribution in [0, 0.1) is 5.92 Å². The molecule has 2 N–H and O–H groups in total. The average Bonchev–Trinajstić information content (AvgIpc) is 3.28. The van der Waals surface area contributed by atoms with E-state index in [9.17, 15) is 0 Å². The van der Waals surface area contributed by atoms with Crippen LogP contribution in [0.3, 0.4) is 0 Å². The Balaban J connectivity index is 0.00000176. The van der Waals surface area contributed by atoms with E-state index in [1.54, 1.807) is 0 Å². The van der Waals surface area contributed by atoms with Crippen LogP contribution >= 0.6 is 11.6 Å². The number of likely N-dealkylation sites (tertiary alicyclic amines) is 1. The molecule has 1 atom stereocenters. The monoisotopic (exact) mass is 324 g/mol. The molecule has 4 heteroatoms. The highest BCUT2D eigenvalue weighted by Gasteiger charge is 2.22. The zero-order valence-electron chi connectivity index (χ0n) is 12.6. The molecule has 2 fully saturated rings. The molecule has 1 heterocycles. The molecule has 124 valence electrons. The Kier molecular flexibility index (Phi) is 6.54. The minimum Gasteiger partial charge on any atom is -0.492 e. The van der Waals surface area contributed by atoms with E-state index >= 15 is 0 Å². The summed E-state index contributed by atoms with van der Waals surface area (Å²) in [5.74, 6) is 1.58. The van der Waals surface area contributed by atoms with Crippen molar-refractivity contribution in [2.45, 2.75) is 45.6 Å². The zero-order chi connectivity index (χ0) is 14.7. The topological polar surface area (TPSA) is 38.5 Å². The van der Waals surface area contributed by atoms with E-state index in [2.05, 4.69) is 11.0 Å². The van der Waals surface area contributed by atoms with Gasteiger partial charge in [-0.1, -0.05) is 25.1 Å². The van der Waals surface area contributed by atoms with Gasteiger partial charge < -0.3 is 15.4 Å². The summed E-state index contributed by atoms with van der Waals surface area (Å²) in [5, 5.41) is 0.739. The van der Waals surface area contributed by atoms with Gasteiger partial charge in [0.15, 0.2) is 0 Å². The third-order valence-electron chi connectivity index (χ3n) is 4.43. The molecule has 0 radical (unpaired) electrons. The lowest BCUT2D eigenvalue weighted by Crippen LogP contribution is -2.43. The van der Waals surface area contributed by atoms with Crippen LogP contribution in [0.5, 0.6) is 5.75 Å². The van der Waals surface area contributed by atoms with Gasteiger partial charge >= 0.3 is 0 Å². The molecule has 2 aliphatic rings. The van der Waals surface area contributed by atoms with Gasteiger partial charge in [-0.3, -0.25) is 0 Å². The largest absolute Gasteiger partial charge is 0.492 e. The standard InChI is InChI=1S/C17H25ClN2O.CH4/c18-16-10-13(5-6-17(16)21-12-14-3-4-14)7-9-20-8-1-2-15(19)11-20;/h5-6,10,14-15H,1-4,7-9,11-12,19H2;1H4/t15-;/m1./s1. The molecule has 22 heavy (non-hydrogen) atoms. The molecule has 1 saturated heterocycles. The minimum atomic E-state index is 0. The quantitative estimate of drug-likeness (QED) is 0.866. The highest BCUT2D eigenvalue weighted by Crippen LogP contribution is 2.32. The van der Waals surface area contributed by atoms with Crippen LogP contribution in [-0.4, -0.2) is 37.2 Å². The van der Waals surface area contributed by atoms with Gasteiger partial charge in [0.2, 0.25) is 0 Å². The summed E-state index contributed by atoms with van der Waals surface area (Å²) in [7, 11) is 0. The van der Waals surface area contributed by atoms with Crippen molar-refractivity contribution in [3.05, 3.63) is 28.8 Å². The predicted molar refractivity (Wildman–Crippen MR) is 93.8 cm³/mol. The van der Waals surface area contributed by atoms with Gasteiger partial charge in [-0.2, -0.15) is 0 Å². The van der Waals surface area contributed by atoms with E-state index in [4.69, 9.17) is 22.1 Å². The Morgan fingerprint density at radius 1 is 1.27 bits per heavy atom. The number of halogens is 1. The lowest BCUT2D eigenvalue weighted by molar-refractivity contribution is 0.211. The van der Waals surface area contributed by atoms with Crippen molar-refractivity contribution in [1.82, 2.24) is 4.90 Å². The highest BCUT2D eigenvalue weighted by atomic mass is 35.5. The SMILES string of the molecule is C.N[C@@H]1CCCN(CCc2ccc(OCC3CC3)c(Cl)c2)C1. The number of nitrogens with zero attached hydrogens (tertiary/aromatic N) is 1. The van der Waals surface area contributed by atoms with E-state index in [1.807, 2.05) is 12.1 Å². The fourth-order valence-electron chi connectivity index (χ4n) is 2.89. The zero-order valence-corrected chi connectivity index (χ0v) is 13.3. The average molecular weight is 325 g/mol. The number of rotatable bonds is 6. The van der Waals surface area contributed by atoms with Gasteiger partial charge in [0.25, 0.3) is 0 Å². The molecule has 1 aliphatic heterocycles. The summed E-state index contributed by atoms with van der Waals surface area (Å²) < 4.78 is 5.77. The van der Waals surface area contributed by atoms with Gasteiger partial charge in [-0.15, -0.1) is 0 Å². The lowest BCUT2D eigenvalue weighted by atomic mass is 10.1. The molecule has 1 aromatic carbocycles. The first kappa shape index (κ1) is 17.6. The molecular formula is C18H29ClN2O. The van der Waals surface area contributed by atoms with Crippen molar-refractivity contribution in [1.29, 1.82) is 0 Å². The minimum absolute atomic E-state index is 0. The number of benzene rings is 1. The van der Waals surface area contributed by atoms with Crippen LogP contribution in [0.25, 0.3) is 0 Å². The molecule has 0 aromatic heterocycles. The van der Waals surface area contributed by atoms with E-state index in [0.717, 1.165) is 49.2 Å². The van der Waals surface area contributed by atoms with Gasteiger partial charge in [-0.25, -0.2) is 0 Å². The van der Waals surface area contributed by atoms with Gasteiger partial charge in [0.1, 0.15) is 5.75 Å². The third-order valence-corrected chi connectivity index (χ3v) is 4.72. The fourth-order valence-corrected chi connectivity index (χ4v) is 3.15. The summed E-state index contributed by atoms with van der Waals surface area (Å²) in [4.78, 5) is 2.46. The van der Waals surface area contributed by atoms with Crippen molar-refractivity contribution < 1.29 is 4.74 Å². The van der Waals surface area contributed by atoms with Crippen molar-refractivity contribution in [3.63, 3.8) is 0 Å². The van der Waals surface area contributed by atoms with Gasteiger partial charge in [0, 0.05) is 19.1 Å². The van der Waals surface area contributed by atoms with Gasteiger partial charge in [-0.05, 0) is 62.3 Å². The Morgan fingerprint density at radius 2 is 2.09 bits per heavy atom. The number of ether oxygens (including phenoxy) is 1. The summed E-state index contributed by atoms with van der Waals surface area (Å²) >= 11 is 6.32. The molecule has 3 nitrogen and oxygen atoms in total. The first-order chi connectivity index (χ1) is 10.2. The van der Waals surface area contributed by atoms with E-state index in [0.29, 0.717) is 6.04 Å². The molecule has 3 rings (SSSR count). The van der Waals surface area contributed by atoms with Crippen molar-refractivity contribution in [2.24, 2.45) is 11.7 Å². The highest BCUT2D eigenvalue weighted by molar-refractivity contribution is 6.32. The fraction of sp³-hybridized carbons (Fsp3) is 0.667. The summed E-state index contributed by atoms with van der Waals surface area (Å²) in [6, 6.07) is 6.55. The number of hydrogen-bond acceptors (Lipinski definition) is 3. The maximum absolute atomic E-state index is 6.32. The Labute approximate surface area is 139 Å². The molecular weight excluding hydrogens is 296 g/mol. The van der Waals surface area contributed by atoms with Crippen molar-refractivity contribution in [2.75, 3.05) is 26.2 Å². The van der Waals surface area contributed by atoms with Crippen LogP contribution in [-0.2, 0) is 6.42 Å². The third kappa shape index (κ3) is 5.15. The number of nitrogens with two attached hydrogens (primary N) is 1. The first-order valence-electron chi connectivity index (χ1n) is 8.10. The first-order valence-corrected chi connectivity index (χ1v) is 8.47. The Morgan fingerprint density at radius 3 is 2.77 bits per heavy atom. The Hall–Kier alpha value is -0.770. The lowest BCUT2D eigenvalue weighted by Gasteiger charge is -2.30. The van der Waals surface area contributed by atoms with Crippen LogP contribution in [0.15, 0.2) is 18.2 Å². The normalized spacial score (nSPS) is 22.2. The molecule has 0 unspecified atom stereocenters. The Bertz CT molecular complexity index is 476. The molecule has 0 spiro atoms. The maximum atomic E-state index is 6.32.